The van der Waals surface area contributed by atoms with Crippen molar-refractivity contribution in [2.75, 3.05) is 13.7 Å². The lowest BCUT2D eigenvalue weighted by Gasteiger charge is -2.25. The summed E-state index contributed by atoms with van der Waals surface area (Å²) < 4.78 is 5.79. The third kappa shape index (κ3) is 4.37. The summed E-state index contributed by atoms with van der Waals surface area (Å²) in [5, 5.41) is 0. The summed E-state index contributed by atoms with van der Waals surface area (Å²) in [6.45, 7) is 0.829. The van der Waals surface area contributed by atoms with Crippen LogP contribution < -0.4 is 4.74 Å². The highest BCUT2D eigenvalue weighted by molar-refractivity contribution is 6.11. The Labute approximate surface area is 163 Å². The van der Waals surface area contributed by atoms with Gasteiger partial charge in [0.05, 0.1) is 14.5 Å². The zero-order chi connectivity index (χ0) is 18.8. The smallest absolute Gasteiger partial charge is 0.253 e. The van der Waals surface area contributed by atoms with E-state index in [1.807, 2.05) is 48.3 Å². The standard InChI is InChI=1S/C23H26BNO2/c1-25(21-11-10-20(24)14-21)23(26)19-6-4-17(5-7-19)18-8-12-22(13-9-18)27-15-16-2-3-16/h4-9,12-13,16,20-21H,2-3,10-11,14-15H2,1H3. The molecule has 4 heteroatoms. The van der Waals surface area contributed by atoms with E-state index >= 15 is 0 Å². The summed E-state index contributed by atoms with van der Waals surface area (Å²) in [6, 6.07) is 16.3. The number of carbonyl (C=O) groups excluding carboxylic acids is 1. The summed E-state index contributed by atoms with van der Waals surface area (Å²) in [5.74, 6) is 1.98. The molecular formula is C23H26BNO2. The molecule has 0 aromatic heterocycles. The van der Waals surface area contributed by atoms with Gasteiger partial charge in [0.1, 0.15) is 5.75 Å². The Balaban J connectivity index is 1.39. The van der Waals surface area contributed by atoms with Crippen LogP contribution in [0.25, 0.3) is 11.1 Å². The van der Waals surface area contributed by atoms with Gasteiger partial charge in [0, 0.05) is 18.7 Å². The lowest BCUT2D eigenvalue weighted by Crippen LogP contribution is -2.35. The van der Waals surface area contributed by atoms with Gasteiger partial charge in [-0.1, -0.05) is 36.5 Å². The van der Waals surface area contributed by atoms with Gasteiger partial charge in [-0.15, -0.1) is 0 Å². The lowest BCUT2D eigenvalue weighted by atomic mass is 9.86. The Kier molecular flexibility index (Phi) is 5.24. The third-order valence-corrected chi connectivity index (χ3v) is 5.82. The van der Waals surface area contributed by atoms with Gasteiger partial charge < -0.3 is 9.64 Å². The summed E-state index contributed by atoms with van der Waals surface area (Å²) in [4.78, 5) is 14.6. The second-order valence-corrected chi connectivity index (χ2v) is 8.00. The van der Waals surface area contributed by atoms with Crippen molar-refractivity contribution in [1.82, 2.24) is 4.90 Å². The van der Waals surface area contributed by atoms with Crippen molar-refractivity contribution >= 4 is 13.8 Å². The van der Waals surface area contributed by atoms with E-state index in [2.05, 4.69) is 12.1 Å². The first kappa shape index (κ1) is 18.2. The van der Waals surface area contributed by atoms with E-state index in [4.69, 9.17) is 12.6 Å². The number of benzene rings is 2. The van der Waals surface area contributed by atoms with E-state index < -0.39 is 0 Å². The van der Waals surface area contributed by atoms with Gasteiger partial charge in [0.15, 0.2) is 0 Å². The number of nitrogens with zero attached hydrogens (tertiary/aromatic N) is 1. The molecule has 27 heavy (non-hydrogen) atoms. The van der Waals surface area contributed by atoms with Crippen LogP contribution in [-0.2, 0) is 0 Å². The summed E-state index contributed by atoms with van der Waals surface area (Å²) in [7, 11) is 7.87. The minimum Gasteiger partial charge on any atom is -0.493 e. The normalized spacial score (nSPS) is 21.8. The van der Waals surface area contributed by atoms with Gasteiger partial charge in [-0.05, 0) is 67.0 Å². The number of rotatable bonds is 6. The first-order valence-electron chi connectivity index (χ1n) is 9.96. The van der Waals surface area contributed by atoms with Gasteiger partial charge in [-0.25, -0.2) is 0 Å². The Morgan fingerprint density at radius 2 is 1.63 bits per heavy atom. The van der Waals surface area contributed by atoms with Crippen molar-refractivity contribution in [1.29, 1.82) is 0 Å². The Hall–Kier alpha value is -2.23. The fraction of sp³-hybridized carbons (Fsp3) is 0.435. The maximum Gasteiger partial charge on any atom is 0.253 e. The number of hydrogen-bond acceptors (Lipinski definition) is 2. The average Bonchev–Trinajstić information content (AvgIpc) is 3.44. The van der Waals surface area contributed by atoms with Crippen LogP contribution in [0.15, 0.2) is 48.5 Å². The fourth-order valence-electron chi connectivity index (χ4n) is 3.76. The molecule has 4 rings (SSSR count). The number of amides is 1. The Bertz CT molecular complexity index is 783. The molecule has 2 unspecified atom stereocenters. The highest BCUT2D eigenvalue weighted by Crippen LogP contribution is 2.32. The molecule has 0 N–H and O–H groups in total. The number of carbonyl (C=O) groups is 1. The molecule has 2 atom stereocenters. The Morgan fingerprint density at radius 3 is 2.19 bits per heavy atom. The molecule has 1 amide bonds. The molecule has 0 aliphatic heterocycles. The molecule has 138 valence electrons. The van der Waals surface area contributed by atoms with E-state index in [9.17, 15) is 4.79 Å². The maximum absolute atomic E-state index is 12.7. The van der Waals surface area contributed by atoms with E-state index in [-0.39, 0.29) is 17.8 Å². The summed E-state index contributed by atoms with van der Waals surface area (Å²) >= 11 is 0. The maximum atomic E-state index is 12.7. The van der Waals surface area contributed by atoms with Crippen molar-refractivity contribution in [3.63, 3.8) is 0 Å². The molecule has 0 saturated heterocycles. The molecule has 2 aliphatic carbocycles. The second kappa shape index (κ2) is 7.79. The summed E-state index contributed by atoms with van der Waals surface area (Å²) in [6.07, 6.45) is 5.49. The van der Waals surface area contributed by atoms with Crippen LogP contribution >= 0.6 is 0 Å². The molecule has 2 saturated carbocycles. The quantitative estimate of drug-likeness (QED) is 0.699. The SMILES string of the molecule is [B]C1CCC(N(C)C(=O)c2ccc(-c3ccc(OCC4CC4)cc3)cc2)C1. The first-order chi connectivity index (χ1) is 13.1. The van der Waals surface area contributed by atoms with Gasteiger partial charge in [0.25, 0.3) is 5.91 Å². The van der Waals surface area contributed by atoms with Gasteiger partial charge in [0.2, 0.25) is 0 Å². The molecule has 3 nitrogen and oxygen atoms in total. The van der Waals surface area contributed by atoms with Crippen molar-refractivity contribution in [2.24, 2.45) is 5.92 Å². The monoisotopic (exact) mass is 359 g/mol. The Morgan fingerprint density at radius 1 is 1.00 bits per heavy atom. The minimum atomic E-state index is 0.0736. The van der Waals surface area contributed by atoms with E-state index in [0.29, 0.717) is 0 Å². The van der Waals surface area contributed by atoms with Crippen LogP contribution in [0.2, 0.25) is 5.82 Å². The average molecular weight is 359 g/mol. The molecule has 2 radical (unpaired) electrons. The highest BCUT2D eigenvalue weighted by atomic mass is 16.5. The van der Waals surface area contributed by atoms with Crippen LogP contribution in [0.3, 0.4) is 0 Å². The zero-order valence-corrected chi connectivity index (χ0v) is 15.9. The van der Waals surface area contributed by atoms with Crippen LogP contribution in [-0.4, -0.2) is 38.3 Å². The molecule has 2 aromatic carbocycles. The largest absolute Gasteiger partial charge is 0.493 e. The fourth-order valence-corrected chi connectivity index (χ4v) is 3.76. The predicted molar refractivity (Wildman–Crippen MR) is 109 cm³/mol. The van der Waals surface area contributed by atoms with Crippen molar-refractivity contribution in [2.45, 2.75) is 44.0 Å². The van der Waals surface area contributed by atoms with Crippen molar-refractivity contribution in [3.8, 4) is 16.9 Å². The van der Waals surface area contributed by atoms with Crippen molar-refractivity contribution < 1.29 is 9.53 Å². The molecule has 2 fully saturated rings. The van der Waals surface area contributed by atoms with E-state index in [1.165, 1.54) is 12.8 Å². The molecule has 2 aromatic rings. The van der Waals surface area contributed by atoms with Gasteiger partial charge in [-0.3, -0.25) is 4.79 Å². The predicted octanol–water partition coefficient (Wildman–Crippen LogP) is 4.72. The van der Waals surface area contributed by atoms with Crippen LogP contribution in [0.4, 0.5) is 0 Å². The van der Waals surface area contributed by atoms with Gasteiger partial charge >= 0.3 is 0 Å². The number of hydrogen-bond donors (Lipinski definition) is 0. The van der Waals surface area contributed by atoms with Crippen LogP contribution in [0, 0.1) is 5.92 Å². The van der Waals surface area contributed by atoms with E-state index in [0.717, 1.165) is 54.2 Å². The molecule has 2 aliphatic rings. The lowest BCUT2D eigenvalue weighted by molar-refractivity contribution is 0.0735. The summed E-state index contributed by atoms with van der Waals surface area (Å²) in [5.41, 5.74) is 2.96. The number of ether oxygens (including phenoxy) is 1. The molecule has 0 heterocycles. The van der Waals surface area contributed by atoms with Gasteiger partial charge in [-0.2, -0.15) is 0 Å². The molecule has 0 spiro atoms. The van der Waals surface area contributed by atoms with E-state index in [1.54, 1.807) is 0 Å². The highest BCUT2D eigenvalue weighted by Gasteiger charge is 2.27. The van der Waals surface area contributed by atoms with Crippen molar-refractivity contribution in [3.05, 3.63) is 54.1 Å². The minimum absolute atomic E-state index is 0.0736. The molecule has 0 bridgehead atoms. The van der Waals surface area contributed by atoms with Crippen LogP contribution in [0.1, 0.15) is 42.5 Å². The zero-order valence-electron chi connectivity index (χ0n) is 15.9. The third-order valence-electron chi connectivity index (χ3n) is 5.82. The topological polar surface area (TPSA) is 29.5 Å². The second-order valence-electron chi connectivity index (χ2n) is 8.00. The van der Waals surface area contributed by atoms with Crippen LogP contribution in [0.5, 0.6) is 5.75 Å². The first-order valence-corrected chi connectivity index (χ1v) is 9.96. The molecular weight excluding hydrogens is 333 g/mol.